The molecule has 0 aromatic carbocycles. The summed E-state index contributed by atoms with van der Waals surface area (Å²) in [6.45, 7) is 3.27. The SMILES string of the molecule is CCCCCC1CCC(C2CCC(C3CCC(C4CCC(/C(F)=C/C(F)(F)F)CC4)CC3)CC2)OC1. The third-order valence-corrected chi connectivity index (χ3v) is 10.6. The van der Waals surface area contributed by atoms with Crippen LogP contribution >= 0.6 is 0 Å². The van der Waals surface area contributed by atoms with Gasteiger partial charge in [-0.1, -0.05) is 26.2 Å². The van der Waals surface area contributed by atoms with Crippen molar-refractivity contribution in [1.82, 2.24) is 0 Å². The molecule has 2 atom stereocenters. The van der Waals surface area contributed by atoms with Crippen molar-refractivity contribution in [2.24, 2.45) is 41.4 Å². The summed E-state index contributed by atoms with van der Waals surface area (Å²) in [6, 6.07) is 0. The molecule has 3 saturated carbocycles. The number of rotatable bonds is 8. The van der Waals surface area contributed by atoms with Gasteiger partial charge in [0.25, 0.3) is 0 Å². The summed E-state index contributed by atoms with van der Waals surface area (Å²) < 4.78 is 57.8. The molecule has 0 amide bonds. The Labute approximate surface area is 217 Å². The van der Waals surface area contributed by atoms with E-state index in [1.807, 2.05) is 0 Å². The second-order valence-corrected chi connectivity index (χ2v) is 12.8. The molecule has 0 radical (unpaired) electrons. The van der Waals surface area contributed by atoms with Crippen molar-refractivity contribution in [3.63, 3.8) is 0 Å². The minimum Gasteiger partial charge on any atom is -0.378 e. The molecule has 5 heteroatoms. The van der Waals surface area contributed by atoms with E-state index in [0.29, 0.717) is 30.8 Å². The molecule has 2 unspecified atom stereocenters. The monoisotopic (exact) mass is 514 g/mol. The average Bonchev–Trinajstić information content (AvgIpc) is 2.89. The van der Waals surface area contributed by atoms with Crippen LogP contribution in [0.5, 0.6) is 0 Å². The van der Waals surface area contributed by atoms with Crippen LogP contribution in [0.25, 0.3) is 0 Å². The van der Waals surface area contributed by atoms with Gasteiger partial charge in [0.2, 0.25) is 0 Å². The standard InChI is InChI=1S/C31H50F4O/c1-2-3-4-5-22-6-19-30(36-21-22)28-17-13-26(14-18-28)24-9-7-23(8-10-24)25-11-15-27(16-12-25)29(32)20-31(33,34)35/h20,22-28,30H,2-19,21H2,1H3/b29-20-. The van der Waals surface area contributed by atoms with Crippen LogP contribution < -0.4 is 0 Å². The number of halogens is 4. The van der Waals surface area contributed by atoms with Crippen LogP contribution in [-0.4, -0.2) is 18.9 Å². The summed E-state index contributed by atoms with van der Waals surface area (Å²) in [5, 5.41) is 0. The first-order valence-electron chi connectivity index (χ1n) is 15.4. The summed E-state index contributed by atoms with van der Waals surface area (Å²) in [4.78, 5) is 0. The Morgan fingerprint density at radius 1 is 0.694 bits per heavy atom. The average molecular weight is 515 g/mol. The fraction of sp³-hybridized carbons (Fsp3) is 0.935. The quantitative estimate of drug-likeness (QED) is 0.231. The highest BCUT2D eigenvalue weighted by Crippen LogP contribution is 2.47. The van der Waals surface area contributed by atoms with Crippen LogP contribution in [0, 0.1) is 41.4 Å². The van der Waals surface area contributed by atoms with Crippen LogP contribution in [0.3, 0.4) is 0 Å². The maximum atomic E-state index is 14.0. The lowest BCUT2D eigenvalue weighted by atomic mass is 9.64. The van der Waals surface area contributed by atoms with Crippen LogP contribution in [-0.2, 0) is 4.74 Å². The number of ether oxygens (including phenoxy) is 1. The van der Waals surface area contributed by atoms with Gasteiger partial charge in [0, 0.05) is 12.5 Å². The second-order valence-electron chi connectivity index (χ2n) is 12.8. The van der Waals surface area contributed by atoms with E-state index in [0.717, 1.165) is 43.1 Å². The van der Waals surface area contributed by atoms with Gasteiger partial charge in [-0.3, -0.25) is 0 Å². The van der Waals surface area contributed by atoms with Crippen molar-refractivity contribution < 1.29 is 22.3 Å². The van der Waals surface area contributed by atoms with Crippen LogP contribution in [0.2, 0.25) is 0 Å². The normalized spacial score (nSPS) is 39.2. The Bertz CT molecular complexity index is 657. The van der Waals surface area contributed by atoms with Crippen molar-refractivity contribution in [2.75, 3.05) is 6.61 Å². The van der Waals surface area contributed by atoms with Gasteiger partial charge in [-0.25, -0.2) is 4.39 Å². The third-order valence-electron chi connectivity index (χ3n) is 10.6. The first-order valence-corrected chi connectivity index (χ1v) is 15.4. The summed E-state index contributed by atoms with van der Waals surface area (Å²) in [6.07, 6.45) is 17.4. The molecule has 4 aliphatic rings. The van der Waals surface area contributed by atoms with Crippen LogP contribution in [0.4, 0.5) is 17.6 Å². The molecular weight excluding hydrogens is 464 g/mol. The Hall–Kier alpha value is -0.580. The highest BCUT2D eigenvalue weighted by Gasteiger charge is 2.38. The highest BCUT2D eigenvalue weighted by molar-refractivity contribution is 5.03. The molecule has 0 aromatic heterocycles. The number of hydrogen-bond donors (Lipinski definition) is 0. The van der Waals surface area contributed by atoms with E-state index in [4.69, 9.17) is 4.74 Å². The molecule has 1 saturated heterocycles. The van der Waals surface area contributed by atoms with E-state index in [2.05, 4.69) is 6.92 Å². The lowest BCUT2D eigenvalue weighted by Gasteiger charge is -2.43. The Morgan fingerprint density at radius 3 is 1.64 bits per heavy atom. The molecule has 0 bridgehead atoms. The predicted molar refractivity (Wildman–Crippen MR) is 138 cm³/mol. The third kappa shape index (κ3) is 8.21. The first kappa shape index (κ1) is 28.4. The fourth-order valence-corrected chi connectivity index (χ4v) is 8.33. The van der Waals surface area contributed by atoms with Gasteiger partial charge in [0.05, 0.1) is 12.2 Å². The first-order chi connectivity index (χ1) is 17.3. The molecule has 4 rings (SSSR count). The largest absolute Gasteiger partial charge is 0.412 e. The summed E-state index contributed by atoms with van der Waals surface area (Å²) in [7, 11) is 0. The minimum absolute atomic E-state index is 0.121. The van der Waals surface area contributed by atoms with Crippen molar-refractivity contribution >= 4 is 0 Å². The molecule has 1 nitrogen and oxygen atoms in total. The van der Waals surface area contributed by atoms with Crippen molar-refractivity contribution in [3.05, 3.63) is 11.9 Å². The van der Waals surface area contributed by atoms with Gasteiger partial charge in [0.15, 0.2) is 0 Å². The topological polar surface area (TPSA) is 9.23 Å². The molecule has 36 heavy (non-hydrogen) atoms. The molecule has 1 heterocycles. The molecule has 1 aliphatic heterocycles. The van der Waals surface area contributed by atoms with Gasteiger partial charge in [-0.15, -0.1) is 0 Å². The van der Waals surface area contributed by atoms with Crippen LogP contribution in [0.1, 0.15) is 122 Å². The van der Waals surface area contributed by atoms with Gasteiger partial charge in [-0.05, 0) is 132 Å². The fourth-order valence-electron chi connectivity index (χ4n) is 8.33. The van der Waals surface area contributed by atoms with Gasteiger partial charge < -0.3 is 4.74 Å². The maximum Gasteiger partial charge on any atom is 0.412 e. The lowest BCUT2D eigenvalue weighted by Crippen LogP contribution is -2.36. The zero-order chi connectivity index (χ0) is 25.5. The van der Waals surface area contributed by atoms with E-state index in [1.54, 1.807) is 0 Å². The number of allylic oxidation sites excluding steroid dienone is 2. The number of hydrogen-bond acceptors (Lipinski definition) is 1. The Morgan fingerprint density at radius 2 is 1.19 bits per heavy atom. The summed E-state index contributed by atoms with van der Waals surface area (Å²) >= 11 is 0. The van der Waals surface area contributed by atoms with Crippen molar-refractivity contribution in [1.29, 1.82) is 0 Å². The predicted octanol–water partition coefficient (Wildman–Crippen LogP) is 10.2. The molecule has 0 spiro atoms. The van der Waals surface area contributed by atoms with E-state index in [1.165, 1.54) is 89.9 Å². The number of alkyl halides is 3. The van der Waals surface area contributed by atoms with E-state index >= 15 is 0 Å². The van der Waals surface area contributed by atoms with E-state index in [9.17, 15) is 17.6 Å². The Balaban J connectivity index is 1.12. The molecular formula is C31H50F4O. The van der Waals surface area contributed by atoms with Gasteiger partial charge in [0.1, 0.15) is 5.83 Å². The smallest absolute Gasteiger partial charge is 0.378 e. The molecule has 3 aliphatic carbocycles. The number of unbranched alkanes of at least 4 members (excludes halogenated alkanes) is 2. The zero-order valence-corrected chi connectivity index (χ0v) is 22.6. The van der Waals surface area contributed by atoms with Gasteiger partial charge in [-0.2, -0.15) is 13.2 Å². The van der Waals surface area contributed by atoms with Crippen LogP contribution in [0.15, 0.2) is 11.9 Å². The maximum absolute atomic E-state index is 14.0. The molecule has 0 aromatic rings. The summed E-state index contributed by atoms with van der Waals surface area (Å²) in [5.41, 5.74) is 0. The lowest BCUT2D eigenvalue weighted by molar-refractivity contribution is -0.0821. The van der Waals surface area contributed by atoms with E-state index in [-0.39, 0.29) is 6.08 Å². The molecule has 4 fully saturated rings. The molecule has 0 N–H and O–H groups in total. The van der Waals surface area contributed by atoms with Crippen molar-refractivity contribution in [3.8, 4) is 0 Å². The summed E-state index contributed by atoms with van der Waals surface area (Å²) in [5.74, 6) is 3.13. The highest BCUT2D eigenvalue weighted by atomic mass is 19.4. The van der Waals surface area contributed by atoms with Crippen molar-refractivity contribution in [2.45, 2.75) is 135 Å². The van der Waals surface area contributed by atoms with E-state index < -0.39 is 17.9 Å². The molecule has 208 valence electrons. The van der Waals surface area contributed by atoms with Gasteiger partial charge >= 0.3 is 6.18 Å². The minimum atomic E-state index is -4.54. The zero-order valence-electron chi connectivity index (χ0n) is 22.6. The second kappa shape index (κ2) is 13.5. The Kier molecular flexibility index (Phi) is 10.6.